The second kappa shape index (κ2) is 7.36. The Morgan fingerprint density at radius 1 is 1.19 bits per heavy atom. The number of aliphatic carboxylic acids is 1. The van der Waals surface area contributed by atoms with Crippen LogP contribution in [-0.2, 0) is 9.59 Å². The number of aromatic nitrogens is 2. The van der Waals surface area contributed by atoms with Crippen molar-refractivity contribution in [1.82, 2.24) is 9.97 Å². The number of anilines is 1. The maximum Gasteiger partial charge on any atom is 0.323 e. The molecule has 1 amide bonds. The van der Waals surface area contributed by atoms with E-state index in [2.05, 4.69) is 25.9 Å². The van der Waals surface area contributed by atoms with Crippen LogP contribution in [0.25, 0.3) is 10.9 Å². The number of carbonyl (C=O) groups excluding carboxylic acids is 1. The van der Waals surface area contributed by atoms with Crippen LogP contribution >= 0.6 is 15.9 Å². The van der Waals surface area contributed by atoms with Crippen molar-refractivity contribution < 1.29 is 24.5 Å². The van der Waals surface area contributed by atoms with Gasteiger partial charge in [0.1, 0.15) is 22.4 Å². The van der Waals surface area contributed by atoms with Crippen molar-refractivity contribution in [3.8, 4) is 17.4 Å². The van der Waals surface area contributed by atoms with Crippen LogP contribution in [0.1, 0.15) is 0 Å². The van der Waals surface area contributed by atoms with Gasteiger partial charge in [-0.1, -0.05) is 18.2 Å². The minimum Gasteiger partial charge on any atom is -0.504 e. The predicted molar refractivity (Wildman–Crippen MR) is 96.5 cm³/mol. The van der Waals surface area contributed by atoms with E-state index in [9.17, 15) is 14.7 Å². The fourth-order valence-corrected chi connectivity index (χ4v) is 2.75. The molecule has 0 saturated heterocycles. The summed E-state index contributed by atoms with van der Waals surface area (Å²) in [6.07, 6.45) is 0.286. The van der Waals surface area contributed by atoms with Crippen LogP contribution < -0.4 is 9.64 Å². The number of carbonyl (C=O) groups is 2. The molecular formula is C17H12BrN3O5. The highest BCUT2D eigenvalue weighted by molar-refractivity contribution is 9.10. The number of rotatable bonds is 6. The molecule has 0 spiro atoms. The number of carboxylic acid groups (broad SMARTS) is 1. The summed E-state index contributed by atoms with van der Waals surface area (Å²) in [5.41, 5.74) is 0.306. The second-order valence-electron chi connectivity index (χ2n) is 5.16. The topological polar surface area (TPSA) is 113 Å². The van der Waals surface area contributed by atoms with Gasteiger partial charge in [0.05, 0.1) is 0 Å². The molecule has 0 aliphatic rings. The Hall–Kier alpha value is -3.20. The molecule has 1 aromatic carbocycles. The predicted octanol–water partition coefficient (Wildman–Crippen LogP) is 2.94. The van der Waals surface area contributed by atoms with E-state index in [4.69, 9.17) is 9.84 Å². The molecule has 9 heteroatoms. The molecule has 0 aliphatic carbocycles. The zero-order chi connectivity index (χ0) is 18.7. The lowest BCUT2D eigenvalue weighted by molar-refractivity contribution is -0.136. The maximum absolute atomic E-state index is 11.2. The van der Waals surface area contributed by atoms with Crippen molar-refractivity contribution in [3.05, 3.63) is 47.1 Å². The number of benzene rings is 1. The number of nitrogens with zero attached hydrogens (tertiary/aromatic N) is 3. The van der Waals surface area contributed by atoms with Gasteiger partial charge < -0.3 is 14.9 Å². The molecule has 3 rings (SSSR count). The van der Waals surface area contributed by atoms with Crippen LogP contribution in [0.2, 0.25) is 0 Å². The minimum absolute atomic E-state index is 0.180. The van der Waals surface area contributed by atoms with Crippen molar-refractivity contribution in [2.75, 3.05) is 11.4 Å². The minimum atomic E-state index is -1.24. The van der Waals surface area contributed by atoms with Gasteiger partial charge in [-0.05, 0) is 34.1 Å². The molecule has 8 nitrogen and oxygen atoms in total. The quantitative estimate of drug-likeness (QED) is 0.468. The molecule has 2 N–H and O–H groups in total. The first-order chi connectivity index (χ1) is 12.5. The summed E-state index contributed by atoms with van der Waals surface area (Å²) in [5, 5.41) is 19.6. The molecule has 2 heterocycles. The van der Waals surface area contributed by atoms with Gasteiger partial charge >= 0.3 is 5.97 Å². The van der Waals surface area contributed by atoms with Crippen molar-refractivity contribution in [2.45, 2.75) is 0 Å². The average Bonchev–Trinajstić information content (AvgIpc) is 2.63. The molecule has 0 unspecified atom stereocenters. The molecule has 0 atom stereocenters. The van der Waals surface area contributed by atoms with Crippen molar-refractivity contribution in [2.24, 2.45) is 0 Å². The molecule has 132 valence electrons. The average molecular weight is 418 g/mol. The van der Waals surface area contributed by atoms with Crippen LogP contribution in [-0.4, -0.2) is 39.1 Å². The van der Waals surface area contributed by atoms with E-state index in [0.717, 1.165) is 4.90 Å². The van der Waals surface area contributed by atoms with E-state index in [1.165, 1.54) is 0 Å². The molecule has 2 aromatic heterocycles. The monoisotopic (exact) mass is 417 g/mol. The first-order valence-corrected chi connectivity index (χ1v) is 8.14. The van der Waals surface area contributed by atoms with E-state index in [-0.39, 0.29) is 28.5 Å². The molecular weight excluding hydrogens is 406 g/mol. The summed E-state index contributed by atoms with van der Waals surface area (Å²) in [6, 6.07) is 12.1. The van der Waals surface area contributed by atoms with Crippen molar-refractivity contribution in [3.63, 3.8) is 0 Å². The lowest BCUT2D eigenvalue weighted by atomic mass is 10.2. The summed E-state index contributed by atoms with van der Waals surface area (Å²) in [6.45, 7) is -0.634. The first kappa shape index (κ1) is 17.6. The zero-order valence-corrected chi connectivity index (χ0v) is 14.8. The number of hydrogen-bond acceptors (Lipinski definition) is 6. The molecule has 0 radical (unpaired) electrons. The SMILES string of the molecule is O=CN(CC(=O)O)c1nc(Br)c2nc(Oc3ccccc3)ccc2c1O. The van der Waals surface area contributed by atoms with Gasteiger partial charge in [0, 0.05) is 11.5 Å². The smallest absolute Gasteiger partial charge is 0.323 e. The Balaban J connectivity index is 2.04. The van der Waals surface area contributed by atoms with Gasteiger partial charge in [-0.25, -0.2) is 9.97 Å². The zero-order valence-electron chi connectivity index (χ0n) is 13.2. The van der Waals surface area contributed by atoms with Gasteiger partial charge in [0.25, 0.3) is 0 Å². The summed E-state index contributed by atoms with van der Waals surface area (Å²) in [7, 11) is 0. The lowest BCUT2D eigenvalue weighted by Crippen LogP contribution is -2.29. The maximum atomic E-state index is 11.2. The fourth-order valence-electron chi connectivity index (χ4n) is 2.28. The number of halogens is 1. The number of carboxylic acids is 1. The third kappa shape index (κ3) is 3.57. The first-order valence-electron chi connectivity index (χ1n) is 7.35. The molecule has 0 fully saturated rings. The Morgan fingerprint density at radius 3 is 2.58 bits per heavy atom. The second-order valence-corrected chi connectivity index (χ2v) is 5.91. The van der Waals surface area contributed by atoms with Crippen molar-refractivity contribution >= 4 is 45.0 Å². The van der Waals surface area contributed by atoms with Gasteiger partial charge in [-0.15, -0.1) is 0 Å². The summed E-state index contributed by atoms with van der Waals surface area (Å²) in [4.78, 5) is 31.2. The highest BCUT2D eigenvalue weighted by Crippen LogP contribution is 2.37. The van der Waals surface area contributed by atoms with Crippen LogP contribution in [0, 0.1) is 0 Å². The van der Waals surface area contributed by atoms with E-state index in [0.29, 0.717) is 16.7 Å². The van der Waals surface area contributed by atoms with Crippen LogP contribution in [0.3, 0.4) is 0 Å². The van der Waals surface area contributed by atoms with Gasteiger partial charge in [0.15, 0.2) is 11.6 Å². The van der Waals surface area contributed by atoms with Crippen LogP contribution in [0.15, 0.2) is 47.1 Å². The lowest BCUT2D eigenvalue weighted by Gasteiger charge is -2.17. The third-order valence-corrected chi connectivity index (χ3v) is 3.96. The fraction of sp³-hybridized carbons (Fsp3) is 0.0588. The Kier molecular flexibility index (Phi) is 4.99. The molecule has 0 aliphatic heterocycles. The highest BCUT2D eigenvalue weighted by Gasteiger charge is 2.20. The number of aromatic hydroxyl groups is 1. The van der Waals surface area contributed by atoms with Gasteiger partial charge in [-0.3, -0.25) is 14.5 Å². The van der Waals surface area contributed by atoms with Gasteiger partial charge in [-0.2, -0.15) is 0 Å². The number of pyridine rings is 2. The molecule has 3 aromatic rings. The van der Waals surface area contributed by atoms with E-state index < -0.39 is 12.5 Å². The van der Waals surface area contributed by atoms with E-state index in [1.54, 1.807) is 24.3 Å². The Bertz CT molecular complexity index is 981. The Morgan fingerprint density at radius 2 is 1.92 bits per heavy atom. The number of fused-ring (bicyclic) bond motifs is 1. The number of amides is 1. The molecule has 0 saturated carbocycles. The summed E-state index contributed by atoms with van der Waals surface area (Å²) >= 11 is 3.23. The number of para-hydroxylation sites is 1. The van der Waals surface area contributed by atoms with Crippen molar-refractivity contribution in [1.29, 1.82) is 0 Å². The van der Waals surface area contributed by atoms with Gasteiger partial charge in [0.2, 0.25) is 12.3 Å². The van der Waals surface area contributed by atoms with Crippen LogP contribution in [0.4, 0.5) is 5.82 Å². The molecule has 0 bridgehead atoms. The third-order valence-electron chi connectivity index (χ3n) is 3.41. The molecule has 26 heavy (non-hydrogen) atoms. The number of hydrogen-bond donors (Lipinski definition) is 2. The van der Waals surface area contributed by atoms with Crippen LogP contribution in [0.5, 0.6) is 17.4 Å². The Labute approximate surface area is 155 Å². The number of ether oxygens (including phenoxy) is 1. The standard InChI is InChI=1S/C17H12BrN3O5/c18-16-14-11(15(25)17(20-16)21(9-22)8-13(23)24)6-7-12(19-14)26-10-4-2-1-3-5-10/h1-7,9,25H,8H2,(H,23,24). The highest BCUT2D eigenvalue weighted by atomic mass is 79.9. The summed E-state index contributed by atoms with van der Waals surface area (Å²) < 4.78 is 5.88. The van der Waals surface area contributed by atoms with E-state index in [1.807, 2.05) is 18.2 Å². The largest absolute Gasteiger partial charge is 0.504 e. The summed E-state index contributed by atoms with van der Waals surface area (Å²) in [5.74, 6) is -0.885. The van der Waals surface area contributed by atoms with E-state index >= 15 is 0 Å². The normalized spacial score (nSPS) is 10.5.